The van der Waals surface area contributed by atoms with Crippen LogP contribution in [-0.4, -0.2) is 11.9 Å². The first-order chi connectivity index (χ1) is 8.75. The second kappa shape index (κ2) is 6.06. The largest absolute Gasteiger partial charge is 0.416 e. The molecule has 0 aromatic heterocycles. The minimum Gasteiger partial charge on any atom is -0.368 e. The van der Waals surface area contributed by atoms with Gasteiger partial charge in [-0.25, -0.2) is 0 Å². The van der Waals surface area contributed by atoms with E-state index >= 15 is 0 Å². The lowest BCUT2D eigenvalue weighted by molar-refractivity contribution is -0.137. The molecule has 106 valence electrons. The van der Waals surface area contributed by atoms with E-state index in [0.717, 1.165) is 18.6 Å². The van der Waals surface area contributed by atoms with Gasteiger partial charge in [0.2, 0.25) is 5.91 Å². The Morgan fingerprint density at radius 2 is 2.05 bits per heavy atom. The third kappa shape index (κ3) is 4.24. The van der Waals surface area contributed by atoms with Crippen molar-refractivity contribution in [2.75, 3.05) is 0 Å². The number of primary amides is 1. The molecule has 0 heterocycles. The van der Waals surface area contributed by atoms with Crippen LogP contribution < -0.4 is 11.1 Å². The van der Waals surface area contributed by atoms with Crippen LogP contribution in [0.1, 0.15) is 37.4 Å². The number of hydrogen-bond donors (Lipinski definition) is 2. The van der Waals surface area contributed by atoms with Crippen LogP contribution in [0.15, 0.2) is 24.3 Å². The van der Waals surface area contributed by atoms with Crippen LogP contribution in [0.5, 0.6) is 0 Å². The van der Waals surface area contributed by atoms with Crippen LogP contribution in [0.25, 0.3) is 0 Å². The van der Waals surface area contributed by atoms with Crippen LogP contribution in [0.2, 0.25) is 0 Å². The molecule has 1 aromatic carbocycles. The fourth-order valence-corrected chi connectivity index (χ4v) is 1.64. The normalized spacial score (nSPS) is 15.0. The Labute approximate surface area is 110 Å². The van der Waals surface area contributed by atoms with Crippen LogP contribution in [0, 0.1) is 0 Å². The fraction of sp³-hybridized carbons (Fsp3) is 0.462. The van der Waals surface area contributed by atoms with Gasteiger partial charge in [-0.15, -0.1) is 0 Å². The zero-order valence-electron chi connectivity index (χ0n) is 10.8. The number of nitrogens with one attached hydrogen (secondary N) is 1. The lowest BCUT2D eigenvalue weighted by Crippen LogP contribution is -2.38. The van der Waals surface area contributed by atoms with Gasteiger partial charge in [-0.3, -0.25) is 10.1 Å². The van der Waals surface area contributed by atoms with Gasteiger partial charge in [0.15, 0.2) is 0 Å². The maximum absolute atomic E-state index is 12.6. The van der Waals surface area contributed by atoms with E-state index in [2.05, 4.69) is 5.32 Å². The first kappa shape index (κ1) is 15.5. The molecule has 0 fully saturated rings. The molecule has 1 aromatic rings. The molecule has 6 heteroatoms. The van der Waals surface area contributed by atoms with Crippen LogP contribution in [-0.2, 0) is 11.0 Å². The van der Waals surface area contributed by atoms with Crippen molar-refractivity contribution in [2.24, 2.45) is 5.73 Å². The smallest absolute Gasteiger partial charge is 0.368 e. The summed E-state index contributed by atoms with van der Waals surface area (Å²) >= 11 is 0. The molecule has 2 atom stereocenters. The molecule has 0 radical (unpaired) electrons. The number of amides is 1. The van der Waals surface area contributed by atoms with Gasteiger partial charge in [0.05, 0.1) is 5.56 Å². The van der Waals surface area contributed by atoms with Crippen LogP contribution >= 0.6 is 0 Å². The number of nitrogens with two attached hydrogens (primary N) is 1. The van der Waals surface area contributed by atoms with E-state index in [1.165, 1.54) is 12.1 Å². The van der Waals surface area contributed by atoms with Gasteiger partial charge in [-0.2, -0.15) is 13.2 Å². The highest BCUT2D eigenvalue weighted by Crippen LogP contribution is 2.30. The summed E-state index contributed by atoms with van der Waals surface area (Å²) in [5.41, 5.74) is 4.68. The van der Waals surface area contributed by atoms with Gasteiger partial charge >= 0.3 is 6.18 Å². The Balaban J connectivity index is 3.07. The molecule has 2 unspecified atom stereocenters. The van der Waals surface area contributed by atoms with Crippen molar-refractivity contribution < 1.29 is 18.0 Å². The maximum Gasteiger partial charge on any atom is 0.416 e. The topological polar surface area (TPSA) is 55.1 Å². The summed E-state index contributed by atoms with van der Waals surface area (Å²) in [6, 6.07) is 3.70. The Kier molecular flexibility index (Phi) is 4.94. The molecule has 3 nitrogen and oxygen atoms in total. The van der Waals surface area contributed by atoms with E-state index in [0.29, 0.717) is 0 Å². The van der Waals surface area contributed by atoms with Crippen molar-refractivity contribution in [2.45, 2.75) is 38.5 Å². The molecule has 0 aliphatic carbocycles. The first-order valence-electron chi connectivity index (χ1n) is 5.98. The van der Waals surface area contributed by atoms with Crippen molar-refractivity contribution in [3.63, 3.8) is 0 Å². The number of alkyl halides is 3. The molecule has 0 bridgehead atoms. The molecular formula is C13H17F3N2O. The second-order valence-corrected chi connectivity index (χ2v) is 4.43. The molecule has 0 saturated carbocycles. The van der Waals surface area contributed by atoms with Crippen molar-refractivity contribution in [3.8, 4) is 0 Å². The Morgan fingerprint density at radius 1 is 1.42 bits per heavy atom. The average molecular weight is 274 g/mol. The molecule has 1 amide bonds. The quantitative estimate of drug-likeness (QED) is 0.867. The third-order valence-electron chi connectivity index (χ3n) is 2.90. The van der Waals surface area contributed by atoms with Crippen molar-refractivity contribution in [1.82, 2.24) is 5.32 Å². The van der Waals surface area contributed by atoms with Gasteiger partial charge in [0.1, 0.15) is 6.04 Å². The van der Waals surface area contributed by atoms with E-state index < -0.39 is 23.7 Å². The molecular weight excluding hydrogens is 257 g/mol. The van der Waals surface area contributed by atoms with Gasteiger partial charge in [-0.1, -0.05) is 19.1 Å². The van der Waals surface area contributed by atoms with E-state index in [1.807, 2.05) is 13.8 Å². The zero-order chi connectivity index (χ0) is 14.6. The van der Waals surface area contributed by atoms with E-state index in [1.54, 1.807) is 0 Å². The molecule has 0 spiro atoms. The summed E-state index contributed by atoms with van der Waals surface area (Å²) in [6.07, 6.45) is -3.70. The Morgan fingerprint density at radius 3 is 2.53 bits per heavy atom. The highest BCUT2D eigenvalue weighted by Gasteiger charge is 2.31. The Bertz CT molecular complexity index is 446. The molecule has 0 saturated heterocycles. The number of halogens is 3. The monoisotopic (exact) mass is 274 g/mol. The minimum absolute atomic E-state index is 0.0213. The second-order valence-electron chi connectivity index (χ2n) is 4.43. The van der Waals surface area contributed by atoms with E-state index in [4.69, 9.17) is 5.73 Å². The number of benzene rings is 1. The molecule has 3 N–H and O–H groups in total. The SMILES string of the molecule is CCC(C)NC(C(N)=O)c1cccc(C(F)(F)F)c1. The summed E-state index contributed by atoms with van der Waals surface area (Å²) in [6.45, 7) is 3.74. The fourth-order valence-electron chi connectivity index (χ4n) is 1.64. The highest BCUT2D eigenvalue weighted by atomic mass is 19.4. The molecule has 1 rings (SSSR count). The number of hydrogen-bond acceptors (Lipinski definition) is 2. The predicted molar refractivity (Wildman–Crippen MR) is 66.3 cm³/mol. The number of carbonyl (C=O) groups excluding carboxylic acids is 1. The van der Waals surface area contributed by atoms with Crippen molar-refractivity contribution in [3.05, 3.63) is 35.4 Å². The summed E-state index contributed by atoms with van der Waals surface area (Å²) in [5, 5.41) is 2.92. The zero-order valence-corrected chi connectivity index (χ0v) is 10.8. The number of rotatable bonds is 5. The van der Waals surface area contributed by atoms with Crippen LogP contribution in [0.3, 0.4) is 0 Å². The van der Waals surface area contributed by atoms with Crippen LogP contribution in [0.4, 0.5) is 13.2 Å². The van der Waals surface area contributed by atoms with Gasteiger partial charge in [-0.05, 0) is 31.0 Å². The molecule has 0 aliphatic heterocycles. The molecule has 0 aliphatic rings. The number of carbonyl (C=O) groups is 1. The summed E-state index contributed by atoms with van der Waals surface area (Å²) < 4.78 is 37.9. The summed E-state index contributed by atoms with van der Waals surface area (Å²) in [4.78, 5) is 11.4. The predicted octanol–water partition coefficient (Wildman–Crippen LogP) is 2.62. The summed E-state index contributed by atoms with van der Waals surface area (Å²) in [5.74, 6) is -0.695. The van der Waals surface area contributed by atoms with Crippen molar-refractivity contribution in [1.29, 1.82) is 0 Å². The Hall–Kier alpha value is -1.56. The standard InChI is InChI=1S/C13H17F3N2O/c1-3-8(2)18-11(12(17)19)9-5-4-6-10(7-9)13(14,15)16/h4-8,11,18H,3H2,1-2H3,(H2,17,19). The van der Waals surface area contributed by atoms with E-state index in [-0.39, 0.29) is 11.6 Å². The highest BCUT2D eigenvalue weighted by molar-refractivity contribution is 5.81. The maximum atomic E-state index is 12.6. The third-order valence-corrected chi connectivity index (χ3v) is 2.90. The lowest BCUT2D eigenvalue weighted by Gasteiger charge is -2.21. The average Bonchev–Trinajstić information content (AvgIpc) is 2.34. The molecule has 19 heavy (non-hydrogen) atoms. The van der Waals surface area contributed by atoms with Crippen molar-refractivity contribution >= 4 is 5.91 Å². The summed E-state index contributed by atoms with van der Waals surface area (Å²) in [7, 11) is 0. The first-order valence-corrected chi connectivity index (χ1v) is 5.98. The van der Waals surface area contributed by atoms with Gasteiger partial charge in [0, 0.05) is 6.04 Å². The van der Waals surface area contributed by atoms with Gasteiger partial charge < -0.3 is 5.73 Å². The minimum atomic E-state index is -4.44. The lowest BCUT2D eigenvalue weighted by atomic mass is 10.0. The van der Waals surface area contributed by atoms with Gasteiger partial charge in [0.25, 0.3) is 0 Å². The van der Waals surface area contributed by atoms with E-state index in [9.17, 15) is 18.0 Å².